The molecule has 1 aromatic rings. The summed E-state index contributed by atoms with van der Waals surface area (Å²) in [5, 5.41) is 0. The van der Waals surface area contributed by atoms with Crippen molar-refractivity contribution >= 4 is 23.0 Å². The molecule has 1 aliphatic heterocycles. The van der Waals surface area contributed by atoms with Crippen LogP contribution in [0.2, 0.25) is 0 Å². The van der Waals surface area contributed by atoms with Gasteiger partial charge < -0.3 is 15.4 Å². The number of ether oxygens (including phenoxy) is 1. The molecule has 2 unspecified atom stereocenters. The molecule has 1 aliphatic rings. The SMILES string of the molecule is COC1CN(c2ccc(C(N)=S)cn2)CCC1C. The number of pyridine rings is 1. The molecule has 2 N–H and O–H groups in total. The lowest BCUT2D eigenvalue weighted by atomic mass is 9.96. The van der Waals surface area contributed by atoms with Crippen molar-refractivity contribution in [1.82, 2.24) is 4.98 Å². The van der Waals surface area contributed by atoms with Crippen molar-refractivity contribution in [3.8, 4) is 0 Å². The van der Waals surface area contributed by atoms with E-state index in [2.05, 4.69) is 16.8 Å². The Morgan fingerprint density at radius 3 is 2.89 bits per heavy atom. The van der Waals surface area contributed by atoms with Gasteiger partial charge in [-0.3, -0.25) is 0 Å². The van der Waals surface area contributed by atoms with Crippen molar-refractivity contribution in [2.45, 2.75) is 19.4 Å². The van der Waals surface area contributed by atoms with E-state index in [1.807, 2.05) is 12.1 Å². The van der Waals surface area contributed by atoms with Crippen molar-refractivity contribution in [3.05, 3.63) is 23.9 Å². The van der Waals surface area contributed by atoms with Crippen molar-refractivity contribution in [1.29, 1.82) is 0 Å². The molecule has 1 saturated heterocycles. The second-order valence-electron chi connectivity index (χ2n) is 4.76. The Morgan fingerprint density at radius 2 is 2.33 bits per heavy atom. The van der Waals surface area contributed by atoms with Crippen LogP contribution in [0.15, 0.2) is 18.3 Å². The van der Waals surface area contributed by atoms with Gasteiger partial charge in [-0.15, -0.1) is 0 Å². The highest BCUT2D eigenvalue weighted by molar-refractivity contribution is 7.80. The minimum absolute atomic E-state index is 0.274. The molecule has 0 saturated carbocycles. The second-order valence-corrected chi connectivity index (χ2v) is 5.20. The van der Waals surface area contributed by atoms with Crippen molar-refractivity contribution in [3.63, 3.8) is 0 Å². The van der Waals surface area contributed by atoms with Crippen LogP contribution in [0.1, 0.15) is 18.9 Å². The summed E-state index contributed by atoms with van der Waals surface area (Å²) >= 11 is 4.92. The Labute approximate surface area is 113 Å². The summed E-state index contributed by atoms with van der Waals surface area (Å²) in [7, 11) is 1.77. The first-order valence-electron chi connectivity index (χ1n) is 6.15. The highest BCUT2D eigenvalue weighted by atomic mass is 32.1. The zero-order valence-corrected chi connectivity index (χ0v) is 11.6. The molecule has 0 aromatic carbocycles. The Morgan fingerprint density at radius 1 is 1.56 bits per heavy atom. The summed E-state index contributed by atoms with van der Waals surface area (Å²) in [5.41, 5.74) is 6.37. The highest BCUT2D eigenvalue weighted by Crippen LogP contribution is 2.23. The lowest BCUT2D eigenvalue weighted by Gasteiger charge is -2.36. The second kappa shape index (κ2) is 5.63. The Hall–Kier alpha value is -1.20. The summed E-state index contributed by atoms with van der Waals surface area (Å²) in [6.07, 6.45) is 3.13. The van der Waals surface area contributed by atoms with Crippen LogP contribution in [0.5, 0.6) is 0 Å². The quantitative estimate of drug-likeness (QED) is 0.841. The van der Waals surface area contributed by atoms with Crippen molar-refractivity contribution < 1.29 is 4.74 Å². The average Bonchev–Trinajstić information content (AvgIpc) is 2.39. The van der Waals surface area contributed by atoms with Crippen LogP contribution in [0, 0.1) is 5.92 Å². The van der Waals surface area contributed by atoms with Crippen LogP contribution in [0.3, 0.4) is 0 Å². The maximum atomic E-state index is 5.56. The topological polar surface area (TPSA) is 51.4 Å². The molecule has 4 nitrogen and oxygen atoms in total. The van der Waals surface area contributed by atoms with E-state index in [-0.39, 0.29) is 6.10 Å². The van der Waals surface area contributed by atoms with Gasteiger partial charge in [0.15, 0.2) is 0 Å². The average molecular weight is 265 g/mol. The van der Waals surface area contributed by atoms with Gasteiger partial charge in [0.1, 0.15) is 10.8 Å². The van der Waals surface area contributed by atoms with E-state index in [1.54, 1.807) is 13.3 Å². The van der Waals surface area contributed by atoms with Gasteiger partial charge in [-0.25, -0.2) is 4.98 Å². The molecule has 0 amide bonds. The molecule has 18 heavy (non-hydrogen) atoms. The van der Waals surface area contributed by atoms with E-state index in [9.17, 15) is 0 Å². The van der Waals surface area contributed by atoms with Gasteiger partial charge in [-0.2, -0.15) is 0 Å². The van der Waals surface area contributed by atoms with Gasteiger partial charge in [0.2, 0.25) is 0 Å². The summed E-state index contributed by atoms with van der Waals surface area (Å²) in [5.74, 6) is 1.56. The maximum absolute atomic E-state index is 5.56. The minimum atomic E-state index is 0.274. The molecular formula is C13H19N3OS. The summed E-state index contributed by atoms with van der Waals surface area (Å²) in [6, 6.07) is 3.89. The number of anilines is 1. The molecule has 2 atom stereocenters. The lowest BCUT2D eigenvalue weighted by molar-refractivity contribution is 0.0496. The number of piperidine rings is 1. The number of hydrogen-bond acceptors (Lipinski definition) is 4. The third-order valence-corrected chi connectivity index (χ3v) is 3.78. The van der Waals surface area contributed by atoms with E-state index in [1.165, 1.54) is 0 Å². The molecular weight excluding hydrogens is 246 g/mol. The van der Waals surface area contributed by atoms with Gasteiger partial charge in [0.05, 0.1) is 6.10 Å². The zero-order valence-electron chi connectivity index (χ0n) is 10.8. The van der Waals surface area contributed by atoms with Gasteiger partial charge >= 0.3 is 0 Å². The van der Waals surface area contributed by atoms with E-state index in [4.69, 9.17) is 22.7 Å². The smallest absolute Gasteiger partial charge is 0.128 e. The lowest BCUT2D eigenvalue weighted by Crippen LogP contribution is -2.44. The van der Waals surface area contributed by atoms with E-state index in [0.717, 1.165) is 30.9 Å². The van der Waals surface area contributed by atoms with Gasteiger partial charge in [0.25, 0.3) is 0 Å². The van der Waals surface area contributed by atoms with Crippen LogP contribution in [-0.2, 0) is 4.74 Å². The monoisotopic (exact) mass is 265 g/mol. The summed E-state index contributed by atoms with van der Waals surface area (Å²) in [6.45, 7) is 4.13. The molecule has 5 heteroatoms. The number of nitrogens with zero attached hydrogens (tertiary/aromatic N) is 2. The summed E-state index contributed by atoms with van der Waals surface area (Å²) < 4.78 is 5.51. The number of nitrogens with two attached hydrogens (primary N) is 1. The fourth-order valence-electron chi connectivity index (χ4n) is 2.27. The maximum Gasteiger partial charge on any atom is 0.128 e. The molecule has 1 fully saturated rings. The number of methoxy groups -OCH3 is 1. The summed E-state index contributed by atoms with van der Waals surface area (Å²) in [4.78, 5) is 7.05. The van der Waals surface area contributed by atoms with Crippen LogP contribution >= 0.6 is 12.2 Å². The van der Waals surface area contributed by atoms with Crippen LogP contribution in [-0.4, -0.2) is 36.3 Å². The van der Waals surface area contributed by atoms with Crippen molar-refractivity contribution in [2.24, 2.45) is 11.7 Å². The third-order valence-electron chi connectivity index (χ3n) is 3.55. The normalized spacial score (nSPS) is 24.0. The molecule has 0 spiro atoms. The third kappa shape index (κ3) is 2.79. The number of hydrogen-bond donors (Lipinski definition) is 1. The van der Waals surface area contributed by atoms with Gasteiger partial charge in [0, 0.05) is 32.0 Å². The fraction of sp³-hybridized carbons (Fsp3) is 0.538. The van der Waals surface area contributed by atoms with Crippen LogP contribution in [0.4, 0.5) is 5.82 Å². The molecule has 0 bridgehead atoms. The Kier molecular flexibility index (Phi) is 4.14. The molecule has 0 aliphatic carbocycles. The highest BCUT2D eigenvalue weighted by Gasteiger charge is 2.26. The fourth-order valence-corrected chi connectivity index (χ4v) is 2.39. The molecule has 2 heterocycles. The van der Waals surface area contributed by atoms with Crippen LogP contribution in [0.25, 0.3) is 0 Å². The molecule has 1 aromatic heterocycles. The predicted molar refractivity (Wildman–Crippen MR) is 76.9 cm³/mol. The van der Waals surface area contributed by atoms with Gasteiger partial charge in [-0.1, -0.05) is 19.1 Å². The van der Waals surface area contributed by atoms with Crippen molar-refractivity contribution in [2.75, 3.05) is 25.1 Å². The molecule has 2 rings (SSSR count). The predicted octanol–water partition coefficient (Wildman–Crippen LogP) is 1.58. The first-order valence-corrected chi connectivity index (χ1v) is 6.56. The standard InChI is InChI=1S/C13H19N3OS/c1-9-5-6-16(8-11(9)17-2)12-4-3-10(7-15-12)13(14)18/h3-4,7,9,11H,5-6,8H2,1-2H3,(H2,14,18). The zero-order chi connectivity index (χ0) is 13.1. The van der Waals surface area contributed by atoms with E-state index < -0.39 is 0 Å². The van der Waals surface area contributed by atoms with Crippen LogP contribution < -0.4 is 10.6 Å². The minimum Gasteiger partial charge on any atom is -0.389 e. The number of thiocarbonyl (C=S) groups is 1. The Balaban J connectivity index is 2.09. The molecule has 0 radical (unpaired) electrons. The largest absolute Gasteiger partial charge is 0.389 e. The van der Waals surface area contributed by atoms with E-state index >= 15 is 0 Å². The van der Waals surface area contributed by atoms with Gasteiger partial charge in [-0.05, 0) is 24.5 Å². The first kappa shape index (κ1) is 13.2. The molecule has 98 valence electrons. The number of aromatic nitrogens is 1. The Bertz CT molecular complexity index is 421. The first-order chi connectivity index (χ1) is 8.61. The van der Waals surface area contributed by atoms with E-state index in [0.29, 0.717) is 10.9 Å². The number of rotatable bonds is 3.